The van der Waals surface area contributed by atoms with E-state index in [-0.39, 0.29) is 17.6 Å². The number of halogens is 1. The lowest BCUT2D eigenvalue weighted by Gasteiger charge is -2.16. The van der Waals surface area contributed by atoms with E-state index in [9.17, 15) is 9.59 Å². The maximum Gasteiger partial charge on any atom is 0.234 e. The minimum absolute atomic E-state index is 0.141. The first-order valence-corrected chi connectivity index (χ1v) is 11.5. The van der Waals surface area contributed by atoms with E-state index in [2.05, 4.69) is 27.4 Å². The number of nitrogens with one attached hydrogen (secondary N) is 2. The fraction of sp³-hybridized carbons (Fsp3) is 0.217. The van der Waals surface area contributed by atoms with Crippen LogP contribution in [-0.2, 0) is 16.1 Å². The van der Waals surface area contributed by atoms with E-state index < -0.39 is 6.10 Å². The monoisotopic (exact) mass is 485 g/mol. The number of benzene rings is 2. The highest BCUT2D eigenvalue weighted by Gasteiger charge is 2.20. The first-order valence-electron chi connectivity index (χ1n) is 10.1. The average molecular weight is 486 g/mol. The number of hydrogen-bond acceptors (Lipinski definition) is 6. The summed E-state index contributed by atoms with van der Waals surface area (Å²) in [6.45, 7) is 7.56. The van der Waals surface area contributed by atoms with E-state index in [4.69, 9.17) is 16.3 Å². The number of allylic oxidation sites excluding steroid dienone is 1. The molecule has 172 valence electrons. The van der Waals surface area contributed by atoms with E-state index in [0.29, 0.717) is 39.7 Å². The predicted octanol–water partition coefficient (Wildman–Crippen LogP) is 4.95. The van der Waals surface area contributed by atoms with E-state index >= 15 is 0 Å². The molecule has 0 saturated carbocycles. The van der Waals surface area contributed by atoms with Gasteiger partial charge in [-0.1, -0.05) is 41.6 Å². The van der Waals surface area contributed by atoms with Crippen molar-refractivity contribution in [3.05, 3.63) is 72.0 Å². The number of amides is 2. The van der Waals surface area contributed by atoms with Crippen LogP contribution in [0.1, 0.15) is 25.8 Å². The zero-order valence-electron chi connectivity index (χ0n) is 18.2. The van der Waals surface area contributed by atoms with Gasteiger partial charge in [-0.15, -0.1) is 16.8 Å². The van der Waals surface area contributed by atoms with Crippen molar-refractivity contribution in [1.29, 1.82) is 0 Å². The van der Waals surface area contributed by atoms with Gasteiger partial charge in [-0.25, -0.2) is 0 Å². The predicted molar refractivity (Wildman–Crippen MR) is 131 cm³/mol. The van der Waals surface area contributed by atoms with Crippen LogP contribution >= 0.6 is 23.4 Å². The fourth-order valence-electron chi connectivity index (χ4n) is 2.96. The largest absolute Gasteiger partial charge is 0.481 e. The normalized spacial score (nSPS) is 11.5. The van der Waals surface area contributed by atoms with Crippen LogP contribution in [0.3, 0.4) is 0 Å². The summed E-state index contributed by atoms with van der Waals surface area (Å²) >= 11 is 7.46. The molecule has 10 heteroatoms. The summed E-state index contributed by atoms with van der Waals surface area (Å²) in [5.74, 6) is 0.951. The molecule has 2 amide bonds. The molecule has 8 nitrogen and oxygen atoms in total. The minimum Gasteiger partial charge on any atom is -0.481 e. The number of carbonyl (C=O) groups is 2. The van der Waals surface area contributed by atoms with Gasteiger partial charge in [0, 0.05) is 24.8 Å². The minimum atomic E-state index is -0.414. The molecule has 0 bridgehead atoms. The number of ether oxygens (including phenoxy) is 1. The Balaban J connectivity index is 1.63. The molecular weight excluding hydrogens is 462 g/mol. The lowest BCUT2D eigenvalue weighted by atomic mass is 10.3. The number of carbonyl (C=O) groups excluding carboxylic acids is 2. The molecule has 2 N–H and O–H groups in total. The number of thioether (sulfide) groups is 1. The van der Waals surface area contributed by atoms with Gasteiger partial charge in [0.1, 0.15) is 5.75 Å². The Morgan fingerprint density at radius 1 is 1.15 bits per heavy atom. The maximum atomic E-state index is 12.4. The van der Waals surface area contributed by atoms with Crippen LogP contribution in [0.4, 0.5) is 11.4 Å². The molecule has 0 spiro atoms. The topological polar surface area (TPSA) is 98.1 Å². The van der Waals surface area contributed by atoms with Gasteiger partial charge in [-0.05, 0) is 43.3 Å². The van der Waals surface area contributed by atoms with Crippen molar-refractivity contribution < 1.29 is 14.3 Å². The molecule has 1 heterocycles. The first kappa shape index (κ1) is 24.3. The molecule has 0 radical (unpaired) electrons. The van der Waals surface area contributed by atoms with E-state index in [1.165, 1.54) is 18.7 Å². The summed E-state index contributed by atoms with van der Waals surface area (Å²) in [4.78, 5) is 23.5. The highest BCUT2D eigenvalue weighted by atomic mass is 35.5. The van der Waals surface area contributed by atoms with Crippen LogP contribution in [0.15, 0.2) is 66.3 Å². The third kappa shape index (κ3) is 6.84. The molecule has 33 heavy (non-hydrogen) atoms. The van der Waals surface area contributed by atoms with Gasteiger partial charge in [0.25, 0.3) is 0 Å². The van der Waals surface area contributed by atoms with Crippen LogP contribution in [0, 0.1) is 0 Å². The van der Waals surface area contributed by atoms with Crippen LogP contribution in [-0.4, -0.2) is 32.3 Å². The molecule has 1 aromatic heterocycles. The van der Waals surface area contributed by atoms with Gasteiger partial charge in [0.15, 0.2) is 17.1 Å². The highest BCUT2D eigenvalue weighted by Crippen LogP contribution is 2.29. The Morgan fingerprint density at radius 3 is 2.45 bits per heavy atom. The maximum absolute atomic E-state index is 12.4. The Bertz CT molecular complexity index is 1130. The van der Waals surface area contributed by atoms with E-state index in [0.717, 1.165) is 0 Å². The lowest BCUT2D eigenvalue weighted by molar-refractivity contribution is -0.114. The Morgan fingerprint density at radius 2 is 1.82 bits per heavy atom. The summed E-state index contributed by atoms with van der Waals surface area (Å²) in [5.41, 5.74) is 1.29. The van der Waals surface area contributed by atoms with Crippen LogP contribution in [0.5, 0.6) is 5.75 Å². The summed E-state index contributed by atoms with van der Waals surface area (Å²) < 4.78 is 7.82. The van der Waals surface area contributed by atoms with Crippen molar-refractivity contribution in [2.24, 2.45) is 0 Å². The molecule has 0 aliphatic heterocycles. The van der Waals surface area contributed by atoms with Gasteiger partial charge < -0.3 is 15.4 Å². The lowest BCUT2D eigenvalue weighted by Crippen LogP contribution is -2.15. The molecule has 0 aliphatic rings. The van der Waals surface area contributed by atoms with Crippen molar-refractivity contribution in [3.8, 4) is 5.75 Å². The summed E-state index contributed by atoms with van der Waals surface area (Å²) in [6.07, 6.45) is 1.32. The summed E-state index contributed by atoms with van der Waals surface area (Å²) in [5, 5.41) is 15.1. The van der Waals surface area contributed by atoms with Crippen LogP contribution < -0.4 is 15.4 Å². The Hall–Kier alpha value is -3.30. The quantitative estimate of drug-likeness (QED) is 0.311. The molecule has 0 saturated heterocycles. The van der Waals surface area contributed by atoms with Gasteiger partial charge in [-0.3, -0.25) is 14.2 Å². The third-order valence-electron chi connectivity index (χ3n) is 4.38. The van der Waals surface area contributed by atoms with Gasteiger partial charge in [0.05, 0.1) is 10.8 Å². The van der Waals surface area contributed by atoms with Crippen molar-refractivity contribution in [3.63, 3.8) is 0 Å². The van der Waals surface area contributed by atoms with Crippen molar-refractivity contribution in [2.45, 2.75) is 31.7 Å². The molecule has 0 fully saturated rings. The number of rotatable bonds is 10. The van der Waals surface area contributed by atoms with Crippen molar-refractivity contribution in [1.82, 2.24) is 14.8 Å². The molecule has 0 aliphatic carbocycles. The average Bonchev–Trinajstić information content (AvgIpc) is 3.18. The summed E-state index contributed by atoms with van der Waals surface area (Å²) in [6, 6.07) is 14.1. The molecule has 2 aromatic carbocycles. The number of hydrogen-bond donors (Lipinski definition) is 2. The molecule has 1 unspecified atom stereocenters. The Kier molecular flexibility index (Phi) is 8.51. The zero-order chi connectivity index (χ0) is 23.8. The number of aromatic nitrogens is 3. The molecular formula is C23H24ClN5O3S. The van der Waals surface area contributed by atoms with Crippen LogP contribution in [0.25, 0.3) is 0 Å². The standard InChI is InChI=1S/C23H24ClN5O3S/c1-4-13-29-22(15(2)32-20-8-6-5-7-19(20)24)27-28-23(29)33-14-21(31)26-18-11-9-17(10-12-18)25-16(3)30/h4-12,15H,1,13-14H2,2-3H3,(H,25,30)(H,26,31). The molecule has 3 rings (SSSR count). The zero-order valence-corrected chi connectivity index (χ0v) is 19.8. The van der Waals surface area contributed by atoms with Gasteiger partial charge in [-0.2, -0.15) is 0 Å². The fourth-order valence-corrected chi connectivity index (χ4v) is 3.89. The van der Waals surface area contributed by atoms with E-state index in [1.807, 2.05) is 23.6 Å². The van der Waals surface area contributed by atoms with Gasteiger partial charge in [0.2, 0.25) is 11.8 Å². The van der Waals surface area contributed by atoms with Crippen molar-refractivity contribution in [2.75, 3.05) is 16.4 Å². The second-order valence-corrected chi connectivity index (χ2v) is 8.38. The second-order valence-electron chi connectivity index (χ2n) is 7.03. The third-order valence-corrected chi connectivity index (χ3v) is 5.66. The van der Waals surface area contributed by atoms with E-state index in [1.54, 1.807) is 42.5 Å². The van der Waals surface area contributed by atoms with Gasteiger partial charge >= 0.3 is 0 Å². The van der Waals surface area contributed by atoms with Crippen LogP contribution in [0.2, 0.25) is 5.02 Å². The number of anilines is 2. The molecule has 3 aromatic rings. The second kappa shape index (κ2) is 11.5. The SMILES string of the molecule is C=CCn1c(SCC(=O)Nc2ccc(NC(C)=O)cc2)nnc1C(C)Oc1ccccc1Cl. The summed E-state index contributed by atoms with van der Waals surface area (Å²) in [7, 11) is 0. The number of para-hydroxylation sites is 1. The number of nitrogens with zero attached hydrogens (tertiary/aromatic N) is 3. The highest BCUT2D eigenvalue weighted by molar-refractivity contribution is 7.99. The molecule has 1 atom stereocenters. The Labute approximate surface area is 201 Å². The van der Waals surface area contributed by atoms with Crippen molar-refractivity contribution >= 4 is 46.6 Å². The first-order chi connectivity index (χ1) is 15.9. The smallest absolute Gasteiger partial charge is 0.234 e.